The first-order valence-corrected chi connectivity index (χ1v) is 32.4. The molecule has 0 radical (unpaired) electrons. The Morgan fingerprint density at radius 2 is 1.09 bits per heavy atom. The number of aliphatic imine (C=N–C) groups is 1. The van der Waals surface area contributed by atoms with Gasteiger partial charge in [-0.15, -0.1) is 0 Å². The van der Waals surface area contributed by atoms with Crippen LogP contribution in [0.25, 0.3) is 21.8 Å². The van der Waals surface area contributed by atoms with Crippen LogP contribution >= 0.6 is 11.6 Å². The fraction of sp³-hybridized carbons (Fsp3) is 0.403. The second-order valence-corrected chi connectivity index (χ2v) is 25.0. The topological polar surface area (TPSA) is 462 Å². The van der Waals surface area contributed by atoms with Crippen molar-refractivity contribution in [3.8, 4) is 5.75 Å². The van der Waals surface area contributed by atoms with Crippen molar-refractivity contribution in [2.24, 2.45) is 28.1 Å². The van der Waals surface area contributed by atoms with Gasteiger partial charge in [-0.05, 0) is 103 Å². The molecule has 0 saturated carbocycles. The number of hydrogen-bond donors (Lipinski definition) is 16. The predicted molar refractivity (Wildman–Crippen MR) is 359 cm³/mol. The lowest BCUT2D eigenvalue weighted by Crippen LogP contribution is -2.61. The summed E-state index contributed by atoms with van der Waals surface area (Å²) in [4.78, 5) is 166. The Bertz CT molecular complexity index is 3850. The predicted octanol–water partition coefficient (Wildman–Crippen LogP) is -0.365. The lowest BCUT2D eigenvalue weighted by Gasteiger charge is -2.30. The molecule has 11 amide bonds. The van der Waals surface area contributed by atoms with E-state index < -0.39 is 127 Å². The summed E-state index contributed by atoms with van der Waals surface area (Å²) in [6.45, 7) is 2.32. The fourth-order valence-electron chi connectivity index (χ4n) is 11.8. The largest absolute Gasteiger partial charge is 0.508 e. The number of aliphatic hydroxyl groups is 1. The molecular formula is C67H83ClN16O13. The molecule has 0 spiro atoms. The van der Waals surface area contributed by atoms with Crippen LogP contribution in [0.5, 0.6) is 5.75 Å². The number of H-pyrrole nitrogens is 2. The van der Waals surface area contributed by atoms with Gasteiger partial charge in [-0.3, -0.25) is 57.7 Å². The highest BCUT2D eigenvalue weighted by atomic mass is 35.5. The van der Waals surface area contributed by atoms with E-state index in [1.54, 1.807) is 99.0 Å². The number of nitrogens with one attached hydrogen (secondary N) is 11. The number of para-hydroxylation sites is 2. The number of phenolic OH excluding ortho intramolecular Hbond substituents is 1. The van der Waals surface area contributed by atoms with E-state index in [1.165, 1.54) is 29.2 Å². The third-order valence-electron chi connectivity index (χ3n) is 16.8. The van der Waals surface area contributed by atoms with E-state index >= 15 is 9.59 Å². The zero-order chi connectivity index (χ0) is 69.9. The van der Waals surface area contributed by atoms with E-state index in [4.69, 9.17) is 28.8 Å². The van der Waals surface area contributed by atoms with Crippen LogP contribution in [0.15, 0.2) is 114 Å². The monoisotopic (exact) mass is 1350 g/mol. The van der Waals surface area contributed by atoms with Crippen LogP contribution in [0.2, 0.25) is 5.02 Å². The van der Waals surface area contributed by atoms with Gasteiger partial charge in [0.2, 0.25) is 65.0 Å². The summed E-state index contributed by atoms with van der Waals surface area (Å²) in [7, 11) is 0. The maximum absolute atomic E-state index is 15.1. The van der Waals surface area contributed by atoms with E-state index in [9.17, 15) is 53.4 Å². The Morgan fingerprint density at radius 3 is 1.61 bits per heavy atom. The molecular weight excluding hydrogens is 1270 g/mol. The van der Waals surface area contributed by atoms with Gasteiger partial charge in [0.1, 0.15) is 60.1 Å². The third kappa shape index (κ3) is 20.5. The molecule has 9 atom stereocenters. The molecule has 4 heterocycles. The number of benzene rings is 4. The summed E-state index contributed by atoms with van der Waals surface area (Å²) < 4.78 is 0. The molecule has 0 bridgehead atoms. The molecule has 2 fully saturated rings. The van der Waals surface area contributed by atoms with Gasteiger partial charge in [-0.2, -0.15) is 0 Å². The lowest BCUT2D eigenvalue weighted by molar-refractivity contribution is -0.142. The first kappa shape index (κ1) is 72.3. The summed E-state index contributed by atoms with van der Waals surface area (Å²) in [5.41, 5.74) is 19.9. The molecule has 0 aliphatic carbocycles. The van der Waals surface area contributed by atoms with Gasteiger partial charge in [0.05, 0.1) is 13.2 Å². The lowest BCUT2D eigenvalue weighted by atomic mass is 9.99. The Balaban J connectivity index is 1.06. The number of hydrogen-bond acceptors (Lipinski definition) is 14. The van der Waals surface area contributed by atoms with Gasteiger partial charge in [0.15, 0.2) is 5.96 Å². The second-order valence-electron chi connectivity index (χ2n) is 24.6. The number of nitrogens with zero attached hydrogens (tertiary/aromatic N) is 2. The number of aromatic hydroxyl groups is 1. The average molecular weight is 1360 g/mol. The quantitative estimate of drug-likeness (QED) is 0.0142. The molecule has 2 aliphatic rings. The van der Waals surface area contributed by atoms with Gasteiger partial charge >= 0.3 is 0 Å². The number of nitrogens with two attached hydrogens (primary N) is 3. The molecule has 2 saturated heterocycles. The van der Waals surface area contributed by atoms with Gasteiger partial charge in [0.25, 0.3) is 0 Å². The van der Waals surface area contributed by atoms with E-state index in [0.717, 1.165) is 0 Å². The molecule has 19 N–H and O–H groups in total. The minimum atomic E-state index is -1.81. The number of aliphatic hydroxyl groups excluding tert-OH is 1. The first-order valence-electron chi connectivity index (χ1n) is 32.0. The Morgan fingerprint density at radius 1 is 0.608 bits per heavy atom. The van der Waals surface area contributed by atoms with Crippen molar-refractivity contribution in [3.63, 3.8) is 0 Å². The van der Waals surface area contributed by atoms with E-state index in [0.29, 0.717) is 55.5 Å². The van der Waals surface area contributed by atoms with Crippen LogP contribution in [-0.2, 0) is 78.4 Å². The van der Waals surface area contributed by atoms with Gasteiger partial charge in [-0.1, -0.05) is 86.1 Å². The maximum Gasteiger partial charge on any atom is 0.245 e. The maximum atomic E-state index is 15.1. The number of guanidine groups is 1. The van der Waals surface area contributed by atoms with E-state index in [1.807, 2.05) is 0 Å². The van der Waals surface area contributed by atoms with Crippen LogP contribution in [0.1, 0.15) is 81.0 Å². The Hall–Kier alpha value is -10.5. The van der Waals surface area contributed by atoms with Crippen molar-refractivity contribution < 1.29 is 63.0 Å². The molecule has 516 valence electrons. The van der Waals surface area contributed by atoms with Crippen molar-refractivity contribution in [1.82, 2.24) is 62.7 Å². The highest BCUT2D eigenvalue weighted by Gasteiger charge is 2.40. The van der Waals surface area contributed by atoms with Gasteiger partial charge < -0.3 is 90.1 Å². The number of aromatic amines is 2. The summed E-state index contributed by atoms with van der Waals surface area (Å²) >= 11 is 6.18. The molecule has 2 aromatic heterocycles. The van der Waals surface area contributed by atoms with Crippen LogP contribution in [0.4, 0.5) is 0 Å². The number of halogens is 1. The fourth-order valence-corrected chi connectivity index (χ4v) is 11.9. The van der Waals surface area contributed by atoms with Crippen molar-refractivity contribution in [3.05, 3.63) is 137 Å². The smallest absolute Gasteiger partial charge is 0.245 e. The number of carbonyl (C=O) groups excluding carboxylic acids is 11. The zero-order valence-corrected chi connectivity index (χ0v) is 54.4. The number of aromatic nitrogens is 2. The highest BCUT2D eigenvalue weighted by Crippen LogP contribution is 2.24. The number of likely N-dealkylation sites (tertiary alicyclic amines) is 1. The third-order valence-corrected chi connectivity index (χ3v) is 17.0. The highest BCUT2D eigenvalue weighted by molar-refractivity contribution is 6.30. The Kier molecular flexibility index (Phi) is 25.5. The van der Waals surface area contributed by atoms with Crippen molar-refractivity contribution in [1.29, 1.82) is 0 Å². The molecule has 2 aliphatic heterocycles. The average Bonchev–Trinajstić information content (AvgIpc) is 1.81. The second kappa shape index (κ2) is 34.2. The van der Waals surface area contributed by atoms with Crippen LogP contribution in [-0.4, -0.2) is 177 Å². The summed E-state index contributed by atoms with van der Waals surface area (Å²) in [6, 6.07) is 14.3. The SMILES string of the molecule is CC(C)CC(NC(=O)C(Cc1c[nH]c2ccccc12)NC(=O)C(Cc1ccc(O)cc1)NC(=O)C(CO)NC(=O)C(Cc1c[nH]c2ccccc12)NC(=O)C(Cc1ccc(Cl)cc1)NC(=O)C1CCC(=O)N1)C(=O)NC(CCCN=C(N)N)C(=O)N1CCCC1C(=O)NCC(N)=O. The van der Waals surface area contributed by atoms with Crippen molar-refractivity contribution >= 4 is 104 Å². The summed E-state index contributed by atoms with van der Waals surface area (Å²) in [5.74, 6) is -9.04. The molecule has 4 aromatic carbocycles. The molecule has 9 unspecified atom stereocenters. The number of carbonyl (C=O) groups is 11. The molecule has 97 heavy (non-hydrogen) atoms. The van der Waals surface area contributed by atoms with E-state index in [-0.39, 0.29) is 101 Å². The van der Waals surface area contributed by atoms with E-state index in [2.05, 4.69) is 62.8 Å². The normalized spacial score (nSPS) is 16.5. The van der Waals surface area contributed by atoms with Crippen LogP contribution in [0, 0.1) is 5.92 Å². The minimum absolute atomic E-state index is 0.0105. The summed E-state index contributed by atoms with van der Waals surface area (Å²) in [5, 5.41) is 47.1. The minimum Gasteiger partial charge on any atom is -0.508 e. The van der Waals surface area contributed by atoms with Gasteiger partial charge in [0, 0.05) is 84.4 Å². The number of rotatable bonds is 33. The molecule has 30 heteroatoms. The number of primary amides is 1. The summed E-state index contributed by atoms with van der Waals surface area (Å²) in [6.07, 6.45) is 3.71. The number of fused-ring (bicyclic) bond motifs is 2. The van der Waals surface area contributed by atoms with Gasteiger partial charge in [-0.25, -0.2) is 0 Å². The van der Waals surface area contributed by atoms with Crippen LogP contribution < -0.4 is 65.1 Å². The van der Waals surface area contributed by atoms with Crippen LogP contribution in [0.3, 0.4) is 0 Å². The first-order chi connectivity index (χ1) is 46.4. The number of amides is 11. The van der Waals surface area contributed by atoms with Crippen molar-refractivity contribution in [2.75, 3.05) is 26.2 Å². The Labute approximate surface area is 563 Å². The van der Waals surface area contributed by atoms with Crippen molar-refractivity contribution in [2.45, 2.75) is 139 Å². The standard InChI is InChI=1S/C67H83ClN16O13/c1-36(2)27-49(59(90)77-48(13-7-25-72-67(70)71)66(97)84-26-8-14-55(84)65(96)75-34-56(69)87)78-62(93)52(30-39-32-73-45-11-5-3-9-43(39)45)81-61(92)51(29-38-17-21-42(86)22-18-38)80-64(95)54(35-85)83-63(94)53(31-40-33-74-46-12-6-4-10-44(40)46)82-60(91)50(28-37-15-19-41(68)20-16-37)79-58(89)47-23-24-57(88)76-47/h3-6,9-12,15-22,32-33,36,47-55,73-74,85-86H,7-8,13-14,23-31,34-35H2,1-2H3,(H2,69,87)(H,75,96)(H,76,88)(H,77,90)(H,78,93)(H,79,89)(H,80,95)(H,81,92)(H,82,91)(H,83,94)(H4,70,71,72). The molecule has 8 rings (SSSR count). The zero-order valence-electron chi connectivity index (χ0n) is 53.7. The molecule has 6 aromatic rings. The number of phenols is 1. The molecule has 29 nitrogen and oxygen atoms in total.